The third kappa shape index (κ3) is 4.38. The van der Waals surface area contributed by atoms with Crippen LogP contribution in [0.25, 0.3) is 0 Å². The second-order valence-electron chi connectivity index (χ2n) is 5.03. The summed E-state index contributed by atoms with van der Waals surface area (Å²) in [4.78, 5) is 17.8. The van der Waals surface area contributed by atoms with E-state index in [1.54, 1.807) is 11.1 Å². The van der Waals surface area contributed by atoms with Crippen LogP contribution in [0.15, 0.2) is 10.7 Å². The molecule has 5 nitrogen and oxygen atoms in total. The number of pyridine rings is 1. The van der Waals surface area contributed by atoms with Gasteiger partial charge in [0, 0.05) is 13.6 Å². The number of hydrogen-bond donors (Lipinski definition) is 2. The van der Waals surface area contributed by atoms with E-state index < -0.39 is 0 Å². The Kier molecular flexibility index (Phi) is 5.60. The number of nitrogens with zero attached hydrogens (tertiary/aromatic N) is 2. The number of halogens is 1. The number of likely N-dealkylation sites (N-methyl/N-ethyl adjacent to an activating group) is 1. The Balaban J connectivity index is 2.71. The molecule has 0 atom stereocenters. The van der Waals surface area contributed by atoms with Crippen molar-refractivity contribution >= 4 is 33.3 Å². The van der Waals surface area contributed by atoms with Gasteiger partial charge in [0.25, 0.3) is 0 Å². The Morgan fingerprint density at radius 1 is 1.58 bits per heavy atom. The van der Waals surface area contributed by atoms with Gasteiger partial charge in [0.15, 0.2) is 0 Å². The lowest BCUT2D eigenvalue weighted by Crippen LogP contribution is -2.37. The first-order chi connectivity index (χ1) is 8.82. The zero-order chi connectivity index (χ0) is 14.6. The van der Waals surface area contributed by atoms with E-state index >= 15 is 0 Å². The molecule has 0 aliphatic rings. The van der Waals surface area contributed by atoms with E-state index in [1.165, 1.54) is 0 Å². The van der Waals surface area contributed by atoms with Crippen LogP contribution in [0, 0.1) is 12.8 Å². The average Bonchev–Trinajstić information content (AvgIpc) is 2.33. The number of rotatable bonds is 5. The molecule has 106 valence electrons. The average molecular weight is 329 g/mol. The molecule has 0 bridgehead atoms. The second kappa shape index (κ2) is 6.75. The fourth-order valence-electron chi connectivity index (χ4n) is 1.51. The summed E-state index contributed by atoms with van der Waals surface area (Å²) in [6.45, 7) is 6.98. The quantitative estimate of drug-likeness (QED) is 0.866. The van der Waals surface area contributed by atoms with Crippen molar-refractivity contribution in [3.63, 3.8) is 0 Å². The van der Waals surface area contributed by atoms with Gasteiger partial charge >= 0.3 is 0 Å². The predicted octanol–water partition coefficient (Wildman–Crippen LogP) is 1.94. The maximum absolute atomic E-state index is 11.8. The van der Waals surface area contributed by atoms with Gasteiger partial charge in [-0.15, -0.1) is 0 Å². The van der Waals surface area contributed by atoms with E-state index in [9.17, 15) is 4.79 Å². The van der Waals surface area contributed by atoms with Gasteiger partial charge in [-0.25, -0.2) is 4.98 Å². The highest BCUT2D eigenvalue weighted by Gasteiger charge is 2.14. The molecule has 1 aromatic heterocycles. The van der Waals surface area contributed by atoms with Gasteiger partial charge in [-0.05, 0) is 34.3 Å². The summed E-state index contributed by atoms with van der Waals surface area (Å²) in [5, 5.41) is 2.88. The fourth-order valence-corrected chi connectivity index (χ4v) is 2.14. The van der Waals surface area contributed by atoms with E-state index in [0.29, 0.717) is 24.0 Å². The number of hydrogen-bond acceptors (Lipinski definition) is 4. The van der Waals surface area contributed by atoms with Crippen molar-refractivity contribution in [3.05, 3.63) is 16.2 Å². The Labute approximate surface area is 122 Å². The van der Waals surface area contributed by atoms with Gasteiger partial charge in [0.05, 0.1) is 22.9 Å². The van der Waals surface area contributed by atoms with Crippen LogP contribution in [0.5, 0.6) is 0 Å². The van der Waals surface area contributed by atoms with Gasteiger partial charge in [-0.2, -0.15) is 0 Å². The summed E-state index contributed by atoms with van der Waals surface area (Å²) < 4.78 is 0.826. The summed E-state index contributed by atoms with van der Waals surface area (Å²) in [6.07, 6.45) is 1.61. The lowest BCUT2D eigenvalue weighted by Gasteiger charge is -2.20. The van der Waals surface area contributed by atoms with Crippen molar-refractivity contribution in [2.24, 2.45) is 5.92 Å². The van der Waals surface area contributed by atoms with Crippen molar-refractivity contribution in [2.75, 3.05) is 30.8 Å². The van der Waals surface area contributed by atoms with Crippen molar-refractivity contribution in [2.45, 2.75) is 20.8 Å². The Morgan fingerprint density at radius 2 is 2.21 bits per heavy atom. The predicted molar refractivity (Wildman–Crippen MR) is 82.2 cm³/mol. The molecule has 0 fully saturated rings. The molecule has 0 saturated carbocycles. The Hall–Kier alpha value is -1.30. The minimum atomic E-state index is -0.0145. The second-order valence-corrected chi connectivity index (χ2v) is 5.82. The third-order valence-electron chi connectivity index (χ3n) is 2.73. The van der Waals surface area contributed by atoms with Crippen LogP contribution < -0.4 is 16.0 Å². The maximum Gasteiger partial charge on any atom is 0.239 e. The lowest BCUT2D eigenvalue weighted by atomic mass is 10.2. The summed E-state index contributed by atoms with van der Waals surface area (Å²) in [5.41, 5.74) is 7.34. The molecule has 0 aromatic carbocycles. The SMILES string of the molecule is Cc1c(N)cnc(N(C)CC(=O)NCC(C)C)c1Br. The number of nitrogens with two attached hydrogens (primary N) is 1. The number of nitrogens with one attached hydrogen (secondary N) is 1. The zero-order valence-electron chi connectivity index (χ0n) is 11.8. The molecule has 1 rings (SSSR count). The summed E-state index contributed by atoms with van der Waals surface area (Å²) in [7, 11) is 1.83. The van der Waals surface area contributed by atoms with Crippen molar-refractivity contribution in [1.29, 1.82) is 0 Å². The van der Waals surface area contributed by atoms with Crippen LogP contribution in [-0.4, -0.2) is 31.0 Å². The van der Waals surface area contributed by atoms with Crippen LogP contribution in [0.2, 0.25) is 0 Å². The van der Waals surface area contributed by atoms with E-state index in [-0.39, 0.29) is 12.5 Å². The molecule has 6 heteroatoms. The number of amides is 1. The molecule has 0 spiro atoms. The molecule has 1 heterocycles. The third-order valence-corrected chi connectivity index (χ3v) is 3.68. The van der Waals surface area contributed by atoms with Gasteiger partial charge in [-0.3, -0.25) is 4.79 Å². The molecule has 0 unspecified atom stereocenters. The number of anilines is 2. The van der Waals surface area contributed by atoms with Crippen molar-refractivity contribution in [3.8, 4) is 0 Å². The monoisotopic (exact) mass is 328 g/mol. The summed E-state index contributed by atoms with van der Waals surface area (Å²) in [5.74, 6) is 1.14. The molecule has 0 saturated heterocycles. The molecule has 3 N–H and O–H groups in total. The number of carbonyl (C=O) groups excluding carboxylic acids is 1. The lowest BCUT2D eigenvalue weighted by molar-refractivity contribution is -0.119. The van der Waals surface area contributed by atoms with Gasteiger partial charge < -0.3 is 16.0 Å². The van der Waals surface area contributed by atoms with E-state index in [2.05, 4.69) is 40.1 Å². The normalized spacial score (nSPS) is 10.6. The summed E-state index contributed by atoms with van der Waals surface area (Å²) >= 11 is 3.47. The van der Waals surface area contributed by atoms with Crippen molar-refractivity contribution in [1.82, 2.24) is 10.3 Å². The largest absolute Gasteiger partial charge is 0.397 e. The molecular formula is C13H21BrN4O. The molecule has 1 amide bonds. The van der Waals surface area contributed by atoms with E-state index in [1.807, 2.05) is 14.0 Å². The maximum atomic E-state index is 11.8. The smallest absolute Gasteiger partial charge is 0.239 e. The van der Waals surface area contributed by atoms with Crippen LogP contribution in [0.1, 0.15) is 19.4 Å². The number of carbonyl (C=O) groups is 1. The highest BCUT2D eigenvalue weighted by Crippen LogP contribution is 2.29. The molecule has 19 heavy (non-hydrogen) atoms. The van der Waals surface area contributed by atoms with E-state index in [0.717, 1.165) is 10.0 Å². The minimum absolute atomic E-state index is 0.0145. The van der Waals surface area contributed by atoms with Gasteiger partial charge in [-0.1, -0.05) is 13.8 Å². The van der Waals surface area contributed by atoms with E-state index in [4.69, 9.17) is 5.73 Å². The fraction of sp³-hybridized carbons (Fsp3) is 0.538. The van der Waals surface area contributed by atoms with Crippen LogP contribution in [-0.2, 0) is 4.79 Å². The summed E-state index contributed by atoms with van der Waals surface area (Å²) in [6, 6.07) is 0. The molecule has 0 aliphatic heterocycles. The molecule has 0 aliphatic carbocycles. The van der Waals surface area contributed by atoms with Crippen molar-refractivity contribution < 1.29 is 4.79 Å². The van der Waals surface area contributed by atoms with Gasteiger partial charge in [0.2, 0.25) is 5.91 Å². The van der Waals surface area contributed by atoms with Gasteiger partial charge in [0.1, 0.15) is 5.82 Å². The van der Waals surface area contributed by atoms with Crippen LogP contribution in [0.4, 0.5) is 11.5 Å². The molecule has 1 aromatic rings. The van der Waals surface area contributed by atoms with Crippen LogP contribution in [0.3, 0.4) is 0 Å². The Bertz CT molecular complexity index is 462. The first kappa shape index (κ1) is 15.8. The minimum Gasteiger partial charge on any atom is -0.397 e. The first-order valence-corrected chi connectivity index (χ1v) is 7.00. The number of aromatic nitrogens is 1. The Morgan fingerprint density at radius 3 is 2.79 bits per heavy atom. The standard InChI is InChI=1S/C13H21BrN4O/c1-8(2)5-16-11(19)7-18(4)13-12(14)9(3)10(15)6-17-13/h6,8H,5,7,15H2,1-4H3,(H,16,19). The highest BCUT2D eigenvalue weighted by atomic mass is 79.9. The zero-order valence-corrected chi connectivity index (χ0v) is 13.4. The topological polar surface area (TPSA) is 71.2 Å². The first-order valence-electron chi connectivity index (χ1n) is 6.21. The molecular weight excluding hydrogens is 308 g/mol. The van der Waals surface area contributed by atoms with Crippen LogP contribution >= 0.6 is 15.9 Å². The number of nitrogen functional groups attached to an aromatic ring is 1. The molecule has 0 radical (unpaired) electrons. The highest BCUT2D eigenvalue weighted by molar-refractivity contribution is 9.10.